The van der Waals surface area contributed by atoms with Gasteiger partial charge in [0.2, 0.25) is 0 Å². The molecule has 1 unspecified atom stereocenters. The molecule has 1 aliphatic carbocycles. The molecule has 1 aliphatic heterocycles. The van der Waals surface area contributed by atoms with Gasteiger partial charge in [0.25, 0.3) is 5.91 Å². The summed E-state index contributed by atoms with van der Waals surface area (Å²) < 4.78 is 6.01. The first-order valence-corrected chi connectivity index (χ1v) is 11.4. The van der Waals surface area contributed by atoms with E-state index in [1.807, 2.05) is 37.3 Å². The Labute approximate surface area is 189 Å². The number of fused-ring (bicyclic) bond motifs is 1. The fourth-order valence-corrected chi connectivity index (χ4v) is 4.63. The summed E-state index contributed by atoms with van der Waals surface area (Å²) in [5, 5.41) is 5.73. The number of ether oxygens (including phenoxy) is 1. The zero-order chi connectivity index (χ0) is 22.3. The van der Waals surface area contributed by atoms with Crippen molar-refractivity contribution in [2.45, 2.75) is 37.8 Å². The summed E-state index contributed by atoms with van der Waals surface area (Å²) in [5.41, 5.74) is 3.56. The Bertz CT molecular complexity index is 1200. The maximum Gasteiger partial charge on any atom is 0.252 e. The maximum atomic E-state index is 13.4. The summed E-state index contributed by atoms with van der Waals surface area (Å²) in [4.78, 5) is 15.7. The number of aryl methyl sites for hydroxylation is 1. The topological polar surface area (TPSA) is 41.6 Å². The number of rotatable bonds is 7. The molecule has 1 saturated carbocycles. The molecule has 1 N–H and O–H groups in total. The number of amides is 1. The second-order valence-electron chi connectivity index (χ2n) is 9.24. The van der Waals surface area contributed by atoms with Crippen molar-refractivity contribution in [3.8, 4) is 5.75 Å². The zero-order valence-electron chi connectivity index (χ0n) is 18.9. The monoisotopic (exact) mass is 426 g/mol. The third-order valence-corrected chi connectivity index (χ3v) is 7.07. The Morgan fingerprint density at radius 2 is 2.03 bits per heavy atom. The van der Waals surface area contributed by atoms with Crippen molar-refractivity contribution >= 4 is 22.8 Å². The van der Waals surface area contributed by atoms with Crippen LogP contribution in [-0.2, 0) is 5.54 Å². The van der Waals surface area contributed by atoms with Crippen LogP contribution in [0, 0.1) is 6.92 Å². The van der Waals surface area contributed by atoms with Crippen molar-refractivity contribution in [1.82, 2.24) is 10.2 Å². The van der Waals surface area contributed by atoms with Gasteiger partial charge in [0.15, 0.2) is 0 Å². The average Bonchev–Trinajstić information content (AvgIpc) is 3.58. The molecular weight excluding hydrogens is 396 g/mol. The number of carbonyl (C=O) groups is 1. The molecule has 0 aromatic heterocycles. The van der Waals surface area contributed by atoms with Crippen LogP contribution < -0.4 is 10.1 Å². The van der Waals surface area contributed by atoms with Crippen LogP contribution in [0.4, 0.5) is 0 Å². The van der Waals surface area contributed by atoms with Crippen LogP contribution in [-0.4, -0.2) is 37.0 Å². The van der Waals surface area contributed by atoms with Crippen LogP contribution in [0.5, 0.6) is 5.75 Å². The van der Waals surface area contributed by atoms with Gasteiger partial charge in [-0.05, 0) is 91.5 Å². The Morgan fingerprint density at radius 1 is 1.22 bits per heavy atom. The first kappa shape index (κ1) is 20.8. The van der Waals surface area contributed by atoms with Crippen molar-refractivity contribution in [3.63, 3.8) is 0 Å². The minimum absolute atomic E-state index is 0.0423. The van der Waals surface area contributed by atoms with E-state index in [2.05, 4.69) is 54.2 Å². The normalized spacial score (nSPS) is 19.2. The second kappa shape index (κ2) is 8.10. The van der Waals surface area contributed by atoms with Gasteiger partial charge in [0, 0.05) is 11.6 Å². The quantitative estimate of drug-likeness (QED) is 0.558. The van der Waals surface area contributed by atoms with Crippen LogP contribution >= 0.6 is 0 Å². The van der Waals surface area contributed by atoms with Crippen LogP contribution in [0.15, 0.2) is 61.2 Å². The zero-order valence-corrected chi connectivity index (χ0v) is 18.9. The lowest BCUT2D eigenvalue weighted by Crippen LogP contribution is -2.48. The van der Waals surface area contributed by atoms with Gasteiger partial charge >= 0.3 is 0 Å². The predicted octanol–water partition coefficient (Wildman–Crippen LogP) is 5.29. The average molecular weight is 427 g/mol. The lowest BCUT2D eigenvalue weighted by atomic mass is 9.93. The molecule has 4 nitrogen and oxygen atoms in total. The molecule has 4 heteroatoms. The van der Waals surface area contributed by atoms with Crippen LogP contribution in [0.3, 0.4) is 0 Å². The predicted molar refractivity (Wildman–Crippen MR) is 130 cm³/mol. The Hall–Kier alpha value is -3.11. The number of nitrogens with zero attached hydrogens (tertiary/aromatic N) is 1. The number of carbonyl (C=O) groups excluding carboxylic acids is 1. The Morgan fingerprint density at radius 3 is 2.72 bits per heavy atom. The van der Waals surface area contributed by atoms with Gasteiger partial charge in [-0.1, -0.05) is 43.0 Å². The summed E-state index contributed by atoms with van der Waals surface area (Å²) in [5.74, 6) is 0.712. The maximum absolute atomic E-state index is 13.4. The van der Waals surface area contributed by atoms with E-state index in [9.17, 15) is 4.79 Å². The van der Waals surface area contributed by atoms with Gasteiger partial charge in [0.05, 0.1) is 5.54 Å². The van der Waals surface area contributed by atoms with E-state index in [1.54, 1.807) is 0 Å². The van der Waals surface area contributed by atoms with Crippen molar-refractivity contribution in [2.24, 2.45) is 0 Å². The molecular formula is C28H30N2O2. The molecule has 2 aliphatic rings. The van der Waals surface area contributed by atoms with Gasteiger partial charge in [0.1, 0.15) is 12.4 Å². The highest BCUT2D eigenvalue weighted by Gasteiger charge is 2.47. The van der Waals surface area contributed by atoms with Gasteiger partial charge < -0.3 is 10.1 Å². The minimum Gasteiger partial charge on any atom is -0.492 e. The molecule has 1 heterocycles. The molecule has 164 valence electrons. The van der Waals surface area contributed by atoms with E-state index in [0.29, 0.717) is 18.2 Å². The second-order valence-corrected chi connectivity index (χ2v) is 9.24. The lowest BCUT2D eigenvalue weighted by Gasteiger charge is -2.37. The molecule has 1 amide bonds. The molecule has 3 aromatic carbocycles. The summed E-state index contributed by atoms with van der Waals surface area (Å²) in [6, 6.07) is 19.0. The molecule has 5 rings (SSSR count). The minimum atomic E-state index is -0.326. The molecule has 3 aromatic rings. The van der Waals surface area contributed by atoms with Gasteiger partial charge in [-0.15, -0.1) is 0 Å². The van der Waals surface area contributed by atoms with Crippen molar-refractivity contribution in [1.29, 1.82) is 0 Å². The van der Waals surface area contributed by atoms with E-state index in [4.69, 9.17) is 4.74 Å². The molecule has 32 heavy (non-hydrogen) atoms. The van der Waals surface area contributed by atoms with Gasteiger partial charge in [-0.3, -0.25) is 9.69 Å². The number of hydrogen-bond acceptors (Lipinski definition) is 3. The molecule has 2 fully saturated rings. The van der Waals surface area contributed by atoms with E-state index in [0.717, 1.165) is 42.7 Å². The third kappa shape index (κ3) is 3.80. The molecule has 0 radical (unpaired) electrons. The van der Waals surface area contributed by atoms with E-state index in [1.165, 1.54) is 16.3 Å². The van der Waals surface area contributed by atoms with Gasteiger partial charge in [-0.25, -0.2) is 0 Å². The highest BCUT2D eigenvalue weighted by atomic mass is 16.5. The van der Waals surface area contributed by atoms with Gasteiger partial charge in [-0.2, -0.15) is 0 Å². The lowest BCUT2D eigenvalue weighted by molar-refractivity contribution is 0.0767. The Kier molecular flexibility index (Phi) is 5.26. The number of hydrogen-bond donors (Lipinski definition) is 1. The van der Waals surface area contributed by atoms with Crippen LogP contribution in [0.2, 0.25) is 0 Å². The third-order valence-electron chi connectivity index (χ3n) is 7.07. The van der Waals surface area contributed by atoms with Crippen LogP contribution in [0.25, 0.3) is 16.8 Å². The summed E-state index contributed by atoms with van der Waals surface area (Å²) >= 11 is 0. The standard InChI is InChI=1S/C28H30N2O2/c1-4-20-15-21-7-5-6-8-24(21)26(16-20)28(12-13-28)29-27(31)25-17-23(10-9-19(25)2)32-18-22-11-14-30(22)3/h4-10,15-17,22H,1,11-14,18H2,2-3H3,(H,29,31). The van der Waals surface area contributed by atoms with Crippen molar-refractivity contribution in [3.05, 3.63) is 83.4 Å². The number of likely N-dealkylation sites (N-methyl/N-ethyl adjacent to an activating group) is 1. The fourth-order valence-electron chi connectivity index (χ4n) is 4.63. The number of nitrogens with one attached hydrogen (secondary N) is 1. The Balaban J connectivity index is 1.40. The molecule has 1 atom stereocenters. The molecule has 0 bridgehead atoms. The summed E-state index contributed by atoms with van der Waals surface area (Å²) in [6.07, 6.45) is 4.91. The smallest absolute Gasteiger partial charge is 0.252 e. The van der Waals surface area contributed by atoms with Crippen molar-refractivity contribution < 1.29 is 9.53 Å². The van der Waals surface area contributed by atoms with E-state index < -0.39 is 0 Å². The number of likely N-dealkylation sites (tertiary alicyclic amines) is 1. The number of benzene rings is 3. The van der Waals surface area contributed by atoms with Crippen molar-refractivity contribution in [2.75, 3.05) is 20.2 Å². The van der Waals surface area contributed by atoms with E-state index >= 15 is 0 Å². The molecule has 1 saturated heterocycles. The first-order chi connectivity index (χ1) is 15.5. The SMILES string of the molecule is C=Cc1cc(C2(NC(=O)c3cc(OCC4CCN4C)ccc3C)CC2)c2ccccc2c1. The highest BCUT2D eigenvalue weighted by Crippen LogP contribution is 2.48. The first-order valence-electron chi connectivity index (χ1n) is 11.4. The summed E-state index contributed by atoms with van der Waals surface area (Å²) in [7, 11) is 2.12. The summed E-state index contributed by atoms with van der Waals surface area (Å²) in [6.45, 7) is 7.71. The van der Waals surface area contributed by atoms with Crippen LogP contribution in [0.1, 0.15) is 46.3 Å². The largest absolute Gasteiger partial charge is 0.492 e. The molecule has 0 spiro atoms. The van der Waals surface area contributed by atoms with E-state index in [-0.39, 0.29) is 11.4 Å². The fraction of sp³-hybridized carbons (Fsp3) is 0.321. The highest BCUT2D eigenvalue weighted by molar-refractivity contribution is 5.98.